The Morgan fingerprint density at radius 3 is 2.79 bits per heavy atom. The number of hydrogen-bond acceptors (Lipinski definition) is 2. The molecule has 0 aromatic heterocycles. The lowest BCUT2D eigenvalue weighted by molar-refractivity contribution is 0.337. The zero-order valence-electron chi connectivity index (χ0n) is 12.5. The van der Waals surface area contributed by atoms with Gasteiger partial charge in [0.05, 0.1) is 6.61 Å². The van der Waals surface area contributed by atoms with Gasteiger partial charge < -0.3 is 10.1 Å². The Labute approximate surface area is 117 Å². The minimum atomic E-state index is 0.681. The summed E-state index contributed by atoms with van der Waals surface area (Å²) in [5.41, 5.74) is 1.32. The molecule has 1 aliphatic carbocycles. The summed E-state index contributed by atoms with van der Waals surface area (Å²) in [6, 6.07) is 9.10. The second-order valence-electron chi connectivity index (χ2n) is 5.67. The Kier molecular flexibility index (Phi) is 5.26. The molecular formula is C17H27NO. The van der Waals surface area contributed by atoms with E-state index in [0.29, 0.717) is 6.04 Å². The zero-order valence-corrected chi connectivity index (χ0v) is 12.5. The Bertz CT molecular complexity index is 391. The third-order valence-corrected chi connectivity index (χ3v) is 4.53. The van der Waals surface area contributed by atoms with Crippen molar-refractivity contribution in [2.24, 2.45) is 11.8 Å². The van der Waals surface area contributed by atoms with Crippen LogP contribution in [0.15, 0.2) is 24.3 Å². The fraction of sp³-hybridized carbons (Fsp3) is 0.647. The molecule has 1 saturated carbocycles. The van der Waals surface area contributed by atoms with Crippen LogP contribution in [-0.2, 0) is 6.54 Å². The molecular weight excluding hydrogens is 234 g/mol. The van der Waals surface area contributed by atoms with Crippen molar-refractivity contribution in [3.63, 3.8) is 0 Å². The van der Waals surface area contributed by atoms with Crippen molar-refractivity contribution in [2.45, 2.75) is 52.6 Å². The summed E-state index contributed by atoms with van der Waals surface area (Å²) in [5, 5.41) is 3.73. The molecule has 19 heavy (non-hydrogen) atoms. The van der Waals surface area contributed by atoms with Crippen LogP contribution in [-0.4, -0.2) is 12.6 Å². The highest BCUT2D eigenvalue weighted by Crippen LogP contribution is 2.34. The summed E-state index contributed by atoms with van der Waals surface area (Å²) < 4.78 is 5.55. The van der Waals surface area contributed by atoms with Crippen LogP contribution in [0.25, 0.3) is 0 Å². The highest BCUT2D eigenvalue weighted by atomic mass is 16.5. The number of benzene rings is 1. The summed E-state index contributed by atoms with van der Waals surface area (Å²) in [5.74, 6) is 2.69. The van der Waals surface area contributed by atoms with Gasteiger partial charge in [0.15, 0.2) is 0 Å². The van der Waals surface area contributed by atoms with Crippen LogP contribution in [0.1, 0.15) is 45.6 Å². The Morgan fingerprint density at radius 2 is 2.11 bits per heavy atom. The molecule has 1 aromatic carbocycles. The van der Waals surface area contributed by atoms with Crippen molar-refractivity contribution >= 4 is 0 Å². The van der Waals surface area contributed by atoms with E-state index in [1.165, 1.54) is 24.8 Å². The van der Waals surface area contributed by atoms with Crippen molar-refractivity contribution in [3.05, 3.63) is 29.8 Å². The van der Waals surface area contributed by atoms with E-state index in [1.807, 2.05) is 13.0 Å². The highest BCUT2D eigenvalue weighted by Gasteiger charge is 2.30. The lowest BCUT2D eigenvalue weighted by Gasteiger charge is -2.21. The maximum absolute atomic E-state index is 5.55. The number of ether oxygens (including phenoxy) is 1. The van der Waals surface area contributed by atoms with Crippen molar-refractivity contribution in [3.8, 4) is 5.75 Å². The normalized spacial score (nSPS) is 26.6. The summed E-state index contributed by atoms with van der Waals surface area (Å²) in [7, 11) is 0. The molecule has 0 radical (unpaired) electrons. The molecule has 1 aliphatic rings. The van der Waals surface area contributed by atoms with Crippen molar-refractivity contribution in [1.82, 2.24) is 5.32 Å². The van der Waals surface area contributed by atoms with Crippen molar-refractivity contribution in [2.75, 3.05) is 6.61 Å². The lowest BCUT2D eigenvalue weighted by Crippen LogP contribution is -2.32. The molecule has 2 heteroatoms. The average molecular weight is 261 g/mol. The van der Waals surface area contributed by atoms with Gasteiger partial charge in [-0.25, -0.2) is 0 Å². The van der Waals surface area contributed by atoms with E-state index in [2.05, 4.69) is 37.4 Å². The molecule has 2 rings (SSSR count). The van der Waals surface area contributed by atoms with Gasteiger partial charge in [0.1, 0.15) is 5.75 Å². The van der Waals surface area contributed by atoms with Gasteiger partial charge >= 0.3 is 0 Å². The minimum Gasteiger partial charge on any atom is -0.494 e. The second kappa shape index (κ2) is 6.95. The Morgan fingerprint density at radius 1 is 1.26 bits per heavy atom. The molecule has 0 bridgehead atoms. The topological polar surface area (TPSA) is 21.3 Å². The van der Waals surface area contributed by atoms with Crippen LogP contribution in [0.3, 0.4) is 0 Å². The molecule has 1 fully saturated rings. The maximum Gasteiger partial charge on any atom is 0.119 e. The van der Waals surface area contributed by atoms with E-state index in [4.69, 9.17) is 4.74 Å². The van der Waals surface area contributed by atoms with Crippen LogP contribution < -0.4 is 10.1 Å². The van der Waals surface area contributed by atoms with Crippen molar-refractivity contribution < 1.29 is 4.74 Å². The first-order chi connectivity index (χ1) is 9.24. The summed E-state index contributed by atoms with van der Waals surface area (Å²) >= 11 is 0. The summed E-state index contributed by atoms with van der Waals surface area (Å²) in [6.07, 6.45) is 4.03. The first-order valence-corrected chi connectivity index (χ1v) is 7.69. The number of nitrogens with one attached hydrogen (secondary N) is 1. The number of rotatable bonds is 6. The van der Waals surface area contributed by atoms with E-state index in [1.54, 1.807) is 0 Å². The third kappa shape index (κ3) is 3.73. The molecule has 1 N–H and O–H groups in total. The van der Waals surface area contributed by atoms with Crippen molar-refractivity contribution in [1.29, 1.82) is 0 Å². The van der Waals surface area contributed by atoms with Gasteiger partial charge in [0.25, 0.3) is 0 Å². The quantitative estimate of drug-likeness (QED) is 0.835. The second-order valence-corrected chi connectivity index (χ2v) is 5.67. The van der Waals surface area contributed by atoms with E-state index in [9.17, 15) is 0 Å². The molecule has 2 nitrogen and oxygen atoms in total. The fourth-order valence-electron chi connectivity index (χ4n) is 3.27. The average Bonchev–Trinajstić information content (AvgIpc) is 2.78. The highest BCUT2D eigenvalue weighted by molar-refractivity contribution is 5.28. The van der Waals surface area contributed by atoms with Gasteiger partial charge in [-0.2, -0.15) is 0 Å². The Hall–Kier alpha value is -1.02. The summed E-state index contributed by atoms with van der Waals surface area (Å²) in [6.45, 7) is 8.42. The molecule has 0 heterocycles. The van der Waals surface area contributed by atoms with E-state index in [-0.39, 0.29) is 0 Å². The molecule has 0 amide bonds. The molecule has 1 aromatic rings. The summed E-state index contributed by atoms with van der Waals surface area (Å²) in [4.78, 5) is 0. The van der Waals surface area contributed by atoms with Gasteiger partial charge in [-0.3, -0.25) is 0 Å². The van der Waals surface area contributed by atoms with Crippen LogP contribution in [0.5, 0.6) is 5.75 Å². The smallest absolute Gasteiger partial charge is 0.119 e. The first-order valence-electron chi connectivity index (χ1n) is 7.69. The minimum absolute atomic E-state index is 0.681. The molecule has 3 atom stereocenters. The monoisotopic (exact) mass is 261 g/mol. The van der Waals surface area contributed by atoms with E-state index >= 15 is 0 Å². The molecule has 106 valence electrons. The van der Waals surface area contributed by atoms with Crippen LogP contribution in [0.4, 0.5) is 0 Å². The van der Waals surface area contributed by atoms with Gasteiger partial charge in [0, 0.05) is 12.6 Å². The van der Waals surface area contributed by atoms with Gasteiger partial charge in [-0.15, -0.1) is 0 Å². The van der Waals surface area contributed by atoms with Crippen LogP contribution in [0, 0.1) is 11.8 Å². The van der Waals surface area contributed by atoms with Crippen LogP contribution >= 0.6 is 0 Å². The molecule has 0 spiro atoms. The zero-order chi connectivity index (χ0) is 13.7. The predicted octanol–water partition coefficient (Wildman–Crippen LogP) is 4.00. The van der Waals surface area contributed by atoms with Crippen LogP contribution in [0.2, 0.25) is 0 Å². The molecule has 0 aliphatic heterocycles. The fourth-order valence-corrected chi connectivity index (χ4v) is 3.27. The molecule has 3 unspecified atom stereocenters. The predicted molar refractivity (Wildman–Crippen MR) is 80.4 cm³/mol. The van der Waals surface area contributed by atoms with E-state index in [0.717, 1.165) is 30.7 Å². The molecule has 0 saturated heterocycles. The van der Waals surface area contributed by atoms with E-state index < -0.39 is 0 Å². The van der Waals surface area contributed by atoms with Gasteiger partial charge in [-0.1, -0.05) is 32.4 Å². The standard InChI is InChI=1S/C17H27NO/c1-4-15-9-10-17(13(15)3)18-12-14-7-6-8-16(11-14)19-5-2/h6-8,11,13,15,17-18H,4-5,9-10,12H2,1-3H3. The SMILES string of the molecule is CCOc1cccc(CNC2CCC(CC)C2C)c1. The maximum atomic E-state index is 5.55. The largest absolute Gasteiger partial charge is 0.494 e. The number of hydrogen-bond donors (Lipinski definition) is 1. The van der Waals surface area contributed by atoms with Gasteiger partial charge in [0.2, 0.25) is 0 Å². The Balaban J connectivity index is 1.87. The third-order valence-electron chi connectivity index (χ3n) is 4.53. The van der Waals surface area contributed by atoms with Gasteiger partial charge in [-0.05, 0) is 49.3 Å². The lowest BCUT2D eigenvalue weighted by atomic mass is 9.93. The first kappa shape index (κ1) is 14.4.